The van der Waals surface area contributed by atoms with E-state index in [-0.39, 0.29) is 0 Å². The lowest BCUT2D eigenvalue weighted by Crippen LogP contribution is -2.29. The van der Waals surface area contributed by atoms with Gasteiger partial charge in [0.25, 0.3) is 0 Å². The lowest BCUT2D eigenvalue weighted by molar-refractivity contribution is 0.453. The molecule has 1 fully saturated rings. The number of hydrogen-bond acceptors (Lipinski definition) is 4. The molecule has 2 aromatic rings. The summed E-state index contributed by atoms with van der Waals surface area (Å²) in [6.07, 6.45) is 4.22. The predicted octanol–water partition coefficient (Wildman–Crippen LogP) is 1.65. The van der Waals surface area contributed by atoms with Crippen LogP contribution in [0.5, 0.6) is 0 Å². The minimum Gasteiger partial charge on any atom is -0.316 e. The molecule has 1 saturated heterocycles. The average molecular weight is 257 g/mol. The van der Waals surface area contributed by atoms with Crippen molar-refractivity contribution in [1.82, 2.24) is 25.1 Å². The highest BCUT2D eigenvalue weighted by Gasteiger charge is 2.18. The van der Waals surface area contributed by atoms with Crippen LogP contribution in [-0.2, 0) is 7.05 Å². The third kappa shape index (κ3) is 2.51. The SMILES string of the molecule is Cc1nc(-c2ccnn2C)cc([C@H]2CCCNC2)n1. The summed E-state index contributed by atoms with van der Waals surface area (Å²) < 4.78 is 1.85. The number of nitrogens with one attached hydrogen (secondary N) is 1. The van der Waals surface area contributed by atoms with Crippen LogP contribution in [0, 0.1) is 6.92 Å². The van der Waals surface area contributed by atoms with Gasteiger partial charge >= 0.3 is 0 Å². The zero-order valence-corrected chi connectivity index (χ0v) is 11.4. The first kappa shape index (κ1) is 12.3. The largest absolute Gasteiger partial charge is 0.316 e. The summed E-state index contributed by atoms with van der Waals surface area (Å²) in [5, 5.41) is 7.65. The van der Waals surface area contributed by atoms with Crippen LogP contribution in [-0.4, -0.2) is 32.8 Å². The third-order valence-electron chi connectivity index (χ3n) is 3.66. The molecule has 0 aromatic carbocycles. The molecule has 3 heterocycles. The van der Waals surface area contributed by atoms with Crippen molar-refractivity contribution in [1.29, 1.82) is 0 Å². The second kappa shape index (κ2) is 5.09. The number of aryl methyl sites for hydroxylation is 2. The normalized spacial score (nSPS) is 19.6. The van der Waals surface area contributed by atoms with Gasteiger partial charge in [0, 0.05) is 31.4 Å². The van der Waals surface area contributed by atoms with Gasteiger partial charge in [-0.2, -0.15) is 5.10 Å². The molecule has 5 heteroatoms. The summed E-state index contributed by atoms with van der Waals surface area (Å²) in [6.45, 7) is 4.09. The summed E-state index contributed by atoms with van der Waals surface area (Å²) >= 11 is 0. The Bertz CT molecular complexity index is 569. The van der Waals surface area contributed by atoms with Crippen molar-refractivity contribution < 1.29 is 0 Å². The molecule has 0 bridgehead atoms. The summed E-state index contributed by atoms with van der Waals surface area (Å²) in [7, 11) is 1.94. The Balaban J connectivity index is 1.98. The average Bonchev–Trinajstić information content (AvgIpc) is 2.85. The van der Waals surface area contributed by atoms with Crippen molar-refractivity contribution in [2.45, 2.75) is 25.7 Å². The van der Waals surface area contributed by atoms with Crippen LogP contribution in [0.1, 0.15) is 30.3 Å². The maximum Gasteiger partial charge on any atom is 0.126 e. The van der Waals surface area contributed by atoms with Gasteiger partial charge in [-0.15, -0.1) is 0 Å². The highest BCUT2D eigenvalue weighted by molar-refractivity contribution is 5.54. The van der Waals surface area contributed by atoms with Gasteiger partial charge < -0.3 is 5.32 Å². The van der Waals surface area contributed by atoms with Crippen LogP contribution < -0.4 is 5.32 Å². The van der Waals surface area contributed by atoms with Gasteiger partial charge in [0.1, 0.15) is 5.82 Å². The third-order valence-corrected chi connectivity index (χ3v) is 3.66. The monoisotopic (exact) mass is 257 g/mol. The molecule has 1 atom stereocenters. The van der Waals surface area contributed by atoms with Crippen molar-refractivity contribution in [2.75, 3.05) is 13.1 Å². The van der Waals surface area contributed by atoms with Gasteiger partial charge in [-0.25, -0.2) is 9.97 Å². The van der Waals surface area contributed by atoms with Crippen LogP contribution in [0.2, 0.25) is 0 Å². The van der Waals surface area contributed by atoms with E-state index in [0.29, 0.717) is 5.92 Å². The minimum absolute atomic E-state index is 0.502. The first-order valence-electron chi connectivity index (χ1n) is 6.79. The highest BCUT2D eigenvalue weighted by Crippen LogP contribution is 2.25. The lowest BCUT2D eigenvalue weighted by atomic mass is 9.95. The molecule has 5 nitrogen and oxygen atoms in total. The highest BCUT2D eigenvalue weighted by atomic mass is 15.3. The molecule has 0 spiro atoms. The van der Waals surface area contributed by atoms with Gasteiger partial charge in [0.2, 0.25) is 0 Å². The van der Waals surface area contributed by atoms with Gasteiger partial charge in [-0.3, -0.25) is 4.68 Å². The first-order valence-corrected chi connectivity index (χ1v) is 6.79. The zero-order chi connectivity index (χ0) is 13.2. The molecule has 0 saturated carbocycles. The van der Waals surface area contributed by atoms with Crippen LogP contribution in [0.15, 0.2) is 18.3 Å². The van der Waals surface area contributed by atoms with Crippen LogP contribution >= 0.6 is 0 Å². The Morgan fingerprint density at radius 2 is 2.26 bits per heavy atom. The topological polar surface area (TPSA) is 55.6 Å². The summed E-state index contributed by atoms with van der Waals surface area (Å²) in [5.74, 6) is 1.33. The number of hydrogen-bond donors (Lipinski definition) is 1. The second-order valence-electron chi connectivity index (χ2n) is 5.11. The molecule has 0 unspecified atom stereocenters. The Labute approximate surface area is 113 Å². The van der Waals surface area contributed by atoms with Gasteiger partial charge in [-0.1, -0.05) is 0 Å². The van der Waals surface area contributed by atoms with Crippen molar-refractivity contribution in [3.8, 4) is 11.4 Å². The Morgan fingerprint density at radius 3 is 2.95 bits per heavy atom. The van der Waals surface area contributed by atoms with E-state index in [1.54, 1.807) is 6.20 Å². The maximum atomic E-state index is 4.62. The fraction of sp³-hybridized carbons (Fsp3) is 0.500. The molecular weight excluding hydrogens is 238 g/mol. The molecular formula is C14H19N5. The van der Waals surface area contributed by atoms with Crippen molar-refractivity contribution in [3.05, 3.63) is 29.8 Å². The number of piperidine rings is 1. The van der Waals surface area contributed by atoms with E-state index < -0.39 is 0 Å². The van der Waals surface area contributed by atoms with E-state index in [1.807, 2.05) is 24.7 Å². The van der Waals surface area contributed by atoms with E-state index in [9.17, 15) is 0 Å². The standard InChI is InChI=1S/C14H19N5/c1-10-17-12(11-4-3-6-15-9-11)8-13(18-10)14-5-7-16-19(14)2/h5,7-8,11,15H,3-4,6,9H2,1-2H3/t11-/m0/s1. The van der Waals surface area contributed by atoms with Crippen molar-refractivity contribution >= 4 is 0 Å². The van der Waals surface area contributed by atoms with Crippen LogP contribution in [0.4, 0.5) is 0 Å². The van der Waals surface area contributed by atoms with Crippen molar-refractivity contribution in [3.63, 3.8) is 0 Å². The fourth-order valence-corrected chi connectivity index (χ4v) is 2.66. The molecule has 0 amide bonds. The van der Waals surface area contributed by atoms with Crippen molar-refractivity contribution in [2.24, 2.45) is 7.05 Å². The van der Waals surface area contributed by atoms with E-state index >= 15 is 0 Å². The molecule has 100 valence electrons. The van der Waals surface area contributed by atoms with Crippen LogP contribution in [0.3, 0.4) is 0 Å². The van der Waals surface area contributed by atoms with E-state index in [2.05, 4.69) is 26.4 Å². The Morgan fingerprint density at radius 1 is 1.37 bits per heavy atom. The summed E-state index contributed by atoms with van der Waals surface area (Å²) in [5.41, 5.74) is 3.15. The first-order chi connectivity index (χ1) is 9.24. The van der Waals surface area contributed by atoms with E-state index in [4.69, 9.17) is 0 Å². The Hall–Kier alpha value is -1.75. The molecule has 1 aliphatic heterocycles. The van der Waals surface area contributed by atoms with E-state index in [1.165, 1.54) is 12.8 Å². The number of nitrogens with zero attached hydrogens (tertiary/aromatic N) is 4. The predicted molar refractivity (Wildman–Crippen MR) is 73.8 cm³/mol. The van der Waals surface area contributed by atoms with E-state index in [0.717, 1.165) is 36.0 Å². The zero-order valence-electron chi connectivity index (χ0n) is 11.4. The summed E-state index contributed by atoms with van der Waals surface area (Å²) in [6, 6.07) is 4.10. The molecule has 1 aliphatic rings. The number of aromatic nitrogens is 4. The van der Waals surface area contributed by atoms with Gasteiger partial charge in [0.05, 0.1) is 11.4 Å². The quantitative estimate of drug-likeness (QED) is 0.889. The van der Waals surface area contributed by atoms with Gasteiger partial charge in [0.15, 0.2) is 0 Å². The molecule has 0 aliphatic carbocycles. The molecule has 19 heavy (non-hydrogen) atoms. The van der Waals surface area contributed by atoms with Crippen LogP contribution in [0.25, 0.3) is 11.4 Å². The Kier molecular flexibility index (Phi) is 3.29. The fourth-order valence-electron chi connectivity index (χ4n) is 2.66. The second-order valence-corrected chi connectivity index (χ2v) is 5.11. The van der Waals surface area contributed by atoms with Gasteiger partial charge in [-0.05, 0) is 38.4 Å². The minimum atomic E-state index is 0.502. The molecule has 3 rings (SSSR count). The maximum absolute atomic E-state index is 4.62. The summed E-state index contributed by atoms with van der Waals surface area (Å²) in [4.78, 5) is 9.16. The molecule has 0 radical (unpaired) electrons. The number of rotatable bonds is 2. The molecule has 2 aromatic heterocycles. The smallest absolute Gasteiger partial charge is 0.126 e. The molecule has 1 N–H and O–H groups in total. The lowest BCUT2D eigenvalue weighted by Gasteiger charge is -2.22.